The van der Waals surface area contributed by atoms with E-state index in [1.54, 1.807) is 7.11 Å². The lowest BCUT2D eigenvalue weighted by Crippen LogP contribution is -2.36. The third-order valence-corrected chi connectivity index (χ3v) is 2.27. The molecule has 0 aliphatic rings. The van der Waals surface area contributed by atoms with Crippen molar-refractivity contribution < 1.29 is 9.57 Å². The first-order valence-electron chi connectivity index (χ1n) is 5.97. The van der Waals surface area contributed by atoms with Crippen LogP contribution in [0.2, 0.25) is 0 Å². The van der Waals surface area contributed by atoms with Crippen LogP contribution >= 0.6 is 0 Å². The van der Waals surface area contributed by atoms with Crippen LogP contribution < -0.4 is 10.2 Å². The van der Waals surface area contributed by atoms with E-state index in [-0.39, 0.29) is 11.6 Å². The molecule has 1 unspecified atom stereocenters. The second-order valence-electron chi connectivity index (χ2n) is 5.29. The molecule has 0 aromatic heterocycles. The van der Waals surface area contributed by atoms with Crippen LogP contribution in [0.15, 0.2) is 24.3 Å². The van der Waals surface area contributed by atoms with Gasteiger partial charge < -0.3 is 4.74 Å². The van der Waals surface area contributed by atoms with Gasteiger partial charge in [-0.2, -0.15) is 5.48 Å². The number of hydrogen-bond donors (Lipinski definition) is 1. The average molecular weight is 237 g/mol. The van der Waals surface area contributed by atoms with Gasteiger partial charge >= 0.3 is 0 Å². The highest BCUT2D eigenvalue weighted by molar-refractivity contribution is 5.27. The summed E-state index contributed by atoms with van der Waals surface area (Å²) in [6, 6.07) is 8.39. The largest absolute Gasteiger partial charge is 0.497 e. The Kier molecular flexibility index (Phi) is 4.97. The van der Waals surface area contributed by atoms with Crippen molar-refractivity contribution in [1.82, 2.24) is 5.48 Å². The Hall–Kier alpha value is -1.06. The summed E-state index contributed by atoms with van der Waals surface area (Å²) in [6.07, 6.45) is 0.931. The van der Waals surface area contributed by atoms with Gasteiger partial charge in [0.05, 0.1) is 12.7 Å². The maximum atomic E-state index is 5.53. The highest BCUT2D eigenvalue weighted by Gasteiger charge is 2.12. The Morgan fingerprint density at radius 1 is 1.18 bits per heavy atom. The molecule has 0 saturated carbocycles. The Morgan fingerprint density at radius 2 is 1.76 bits per heavy atom. The van der Waals surface area contributed by atoms with Crippen molar-refractivity contribution in [2.75, 3.05) is 7.11 Å². The lowest BCUT2D eigenvalue weighted by molar-refractivity contribution is -0.0857. The summed E-state index contributed by atoms with van der Waals surface area (Å²) < 4.78 is 5.13. The van der Waals surface area contributed by atoms with E-state index in [1.165, 1.54) is 5.56 Å². The van der Waals surface area contributed by atoms with Crippen LogP contribution in [-0.2, 0) is 11.3 Å². The Morgan fingerprint density at radius 3 is 2.24 bits per heavy atom. The molecule has 1 aromatic carbocycles. The van der Waals surface area contributed by atoms with Crippen molar-refractivity contribution in [2.24, 2.45) is 0 Å². The first kappa shape index (κ1) is 14.0. The normalized spacial score (nSPS) is 13.5. The minimum Gasteiger partial charge on any atom is -0.497 e. The van der Waals surface area contributed by atoms with Gasteiger partial charge in [0.25, 0.3) is 0 Å². The van der Waals surface area contributed by atoms with Crippen molar-refractivity contribution >= 4 is 0 Å². The van der Waals surface area contributed by atoms with Crippen LogP contribution in [0.5, 0.6) is 5.75 Å². The first-order chi connectivity index (χ1) is 7.90. The second kappa shape index (κ2) is 6.03. The predicted molar refractivity (Wildman–Crippen MR) is 70.1 cm³/mol. The number of hydrogen-bond acceptors (Lipinski definition) is 3. The molecule has 3 heteroatoms. The fraction of sp³-hybridized carbons (Fsp3) is 0.571. The molecule has 1 atom stereocenters. The average Bonchev–Trinajstić information content (AvgIpc) is 2.27. The lowest BCUT2D eigenvalue weighted by Gasteiger charge is -2.23. The standard InChI is InChI=1S/C14H23NO2/c1-11(15-17-14(2,3)4)10-12-6-8-13(16-5)9-7-12/h6-9,11,15H,10H2,1-5H3. The number of rotatable bonds is 5. The molecule has 1 N–H and O–H groups in total. The van der Waals surface area contributed by atoms with E-state index >= 15 is 0 Å². The summed E-state index contributed by atoms with van der Waals surface area (Å²) in [5.41, 5.74) is 4.18. The first-order valence-corrected chi connectivity index (χ1v) is 5.97. The number of benzene rings is 1. The van der Waals surface area contributed by atoms with Gasteiger partial charge in [-0.25, -0.2) is 0 Å². The molecular weight excluding hydrogens is 214 g/mol. The molecule has 0 bridgehead atoms. The second-order valence-corrected chi connectivity index (χ2v) is 5.29. The summed E-state index contributed by atoms with van der Waals surface area (Å²) in [7, 11) is 1.68. The smallest absolute Gasteiger partial charge is 0.118 e. The topological polar surface area (TPSA) is 30.5 Å². The number of nitrogens with one attached hydrogen (secondary N) is 1. The van der Waals surface area contributed by atoms with E-state index in [9.17, 15) is 0 Å². The van der Waals surface area contributed by atoms with Crippen molar-refractivity contribution in [3.05, 3.63) is 29.8 Å². The minimum absolute atomic E-state index is 0.159. The molecule has 0 radical (unpaired) electrons. The van der Waals surface area contributed by atoms with E-state index < -0.39 is 0 Å². The molecule has 0 amide bonds. The fourth-order valence-corrected chi connectivity index (χ4v) is 1.43. The molecule has 0 aliphatic carbocycles. The van der Waals surface area contributed by atoms with Crippen molar-refractivity contribution in [1.29, 1.82) is 0 Å². The van der Waals surface area contributed by atoms with Gasteiger partial charge in [-0.05, 0) is 51.8 Å². The maximum Gasteiger partial charge on any atom is 0.118 e. The third-order valence-electron chi connectivity index (χ3n) is 2.27. The SMILES string of the molecule is COc1ccc(CC(C)NOC(C)(C)C)cc1. The monoisotopic (exact) mass is 237 g/mol. The van der Waals surface area contributed by atoms with Crippen molar-refractivity contribution in [3.63, 3.8) is 0 Å². The summed E-state index contributed by atoms with van der Waals surface area (Å²) >= 11 is 0. The Balaban J connectivity index is 2.42. The molecule has 3 nitrogen and oxygen atoms in total. The minimum atomic E-state index is -0.159. The highest BCUT2D eigenvalue weighted by Crippen LogP contribution is 2.13. The quantitative estimate of drug-likeness (QED) is 0.799. The molecule has 0 saturated heterocycles. The van der Waals surface area contributed by atoms with Crippen molar-refractivity contribution in [3.8, 4) is 5.75 Å². The van der Waals surface area contributed by atoms with Gasteiger partial charge in [0.15, 0.2) is 0 Å². The molecule has 0 fully saturated rings. The van der Waals surface area contributed by atoms with E-state index in [1.807, 2.05) is 32.9 Å². The zero-order valence-electron chi connectivity index (χ0n) is 11.4. The summed E-state index contributed by atoms with van der Waals surface area (Å²) in [6.45, 7) is 8.19. The molecule has 0 aliphatic heterocycles. The van der Waals surface area contributed by atoms with Crippen LogP contribution in [-0.4, -0.2) is 18.8 Å². The molecule has 1 rings (SSSR count). The summed E-state index contributed by atoms with van der Waals surface area (Å²) in [5, 5.41) is 0. The molecule has 0 spiro atoms. The van der Waals surface area contributed by atoms with Crippen LogP contribution in [0, 0.1) is 0 Å². The lowest BCUT2D eigenvalue weighted by atomic mass is 10.1. The van der Waals surface area contributed by atoms with Gasteiger partial charge in [-0.15, -0.1) is 0 Å². The van der Waals surface area contributed by atoms with Crippen LogP contribution in [0.3, 0.4) is 0 Å². The van der Waals surface area contributed by atoms with Gasteiger partial charge in [0, 0.05) is 6.04 Å². The van der Waals surface area contributed by atoms with Gasteiger partial charge in [0.2, 0.25) is 0 Å². The Labute approximate surface area is 104 Å². The molecular formula is C14H23NO2. The molecule has 1 aromatic rings. The number of ether oxygens (including phenoxy) is 1. The summed E-state index contributed by atoms with van der Waals surface area (Å²) in [5.74, 6) is 0.889. The van der Waals surface area contributed by atoms with E-state index in [0.29, 0.717) is 0 Å². The number of methoxy groups -OCH3 is 1. The van der Waals surface area contributed by atoms with Crippen LogP contribution in [0.1, 0.15) is 33.3 Å². The van der Waals surface area contributed by atoms with Crippen LogP contribution in [0.25, 0.3) is 0 Å². The zero-order valence-corrected chi connectivity index (χ0v) is 11.4. The fourth-order valence-electron chi connectivity index (χ4n) is 1.43. The molecule has 17 heavy (non-hydrogen) atoms. The van der Waals surface area contributed by atoms with E-state index in [0.717, 1.165) is 12.2 Å². The summed E-state index contributed by atoms with van der Waals surface area (Å²) in [4.78, 5) is 5.53. The predicted octanol–water partition coefficient (Wildman–Crippen LogP) is 2.95. The van der Waals surface area contributed by atoms with Gasteiger partial charge in [-0.1, -0.05) is 12.1 Å². The molecule has 96 valence electrons. The molecule has 0 heterocycles. The van der Waals surface area contributed by atoms with E-state index in [2.05, 4.69) is 24.5 Å². The van der Waals surface area contributed by atoms with E-state index in [4.69, 9.17) is 9.57 Å². The van der Waals surface area contributed by atoms with Crippen molar-refractivity contribution in [2.45, 2.75) is 45.8 Å². The van der Waals surface area contributed by atoms with Gasteiger partial charge in [0.1, 0.15) is 5.75 Å². The highest BCUT2D eigenvalue weighted by atomic mass is 16.7. The van der Waals surface area contributed by atoms with Gasteiger partial charge in [-0.3, -0.25) is 4.84 Å². The third kappa shape index (κ3) is 5.71. The Bertz CT molecular complexity index is 327. The maximum absolute atomic E-state index is 5.53. The zero-order chi connectivity index (χ0) is 12.9. The van der Waals surface area contributed by atoms with Crippen LogP contribution in [0.4, 0.5) is 0 Å². The number of hydroxylamine groups is 1.